The lowest BCUT2D eigenvalue weighted by atomic mass is 10.1. The number of alkyl halides is 2. The number of carbonyl (C=O) groups is 2. The Balaban J connectivity index is 1.91. The van der Waals surface area contributed by atoms with Crippen molar-refractivity contribution in [3.63, 3.8) is 0 Å². The van der Waals surface area contributed by atoms with Gasteiger partial charge in [0, 0.05) is 13.1 Å². The smallest absolute Gasteiger partial charge is 0.354 e. The quantitative estimate of drug-likeness (QED) is 0.827. The highest BCUT2D eigenvalue weighted by molar-refractivity contribution is 5.96. The van der Waals surface area contributed by atoms with Gasteiger partial charge < -0.3 is 19.4 Å². The molecule has 1 aliphatic heterocycles. The Morgan fingerprint density at radius 2 is 2.00 bits per heavy atom. The molecule has 2 rings (SSSR count). The average Bonchev–Trinajstić information content (AvgIpc) is 2.80. The molecule has 1 aromatic rings. The number of nitrogens with one attached hydrogen (secondary N) is 1. The number of hydrogen-bond donors (Lipinski definition) is 1. The second-order valence-corrected chi connectivity index (χ2v) is 4.01. The molecule has 1 fully saturated rings. The maximum atomic E-state index is 11.9. The number of aromatic amines is 1. The lowest BCUT2D eigenvalue weighted by molar-refractivity contribution is -0.189. The summed E-state index contributed by atoms with van der Waals surface area (Å²) in [5.41, 5.74) is 0.364. The van der Waals surface area contributed by atoms with Crippen LogP contribution in [0.25, 0.3) is 0 Å². The Bertz CT molecular complexity index is 483. The summed E-state index contributed by atoms with van der Waals surface area (Å²) in [6.45, 7) is -2.62. The minimum atomic E-state index is -2.83. The summed E-state index contributed by atoms with van der Waals surface area (Å²) in [4.78, 5) is 27.0. The zero-order valence-corrected chi connectivity index (χ0v) is 10.1. The molecular formula is C11H12F2N2O4. The number of ether oxygens (including phenoxy) is 2. The number of carbonyl (C=O) groups excluding carboxylic acids is 2. The van der Waals surface area contributed by atoms with Gasteiger partial charge in [0.25, 0.3) is 5.91 Å². The van der Waals surface area contributed by atoms with E-state index in [9.17, 15) is 18.4 Å². The molecule has 2 heterocycles. The highest BCUT2D eigenvalue weighted by Crippen LogP contribution is 2.18. The van der Waals surface area contributed by atoms with Gasteiger partial charge in [-0.15, -0.1) is 0 Å². The molecule has 0 spiro atoms. The second-order valence-electron chi connectivity index (χ2n) is 4.01. The second kappa shape index (κ2) is 5.35. The van der Waals surface area contributed by atoms with Gasteiger partial charge in [-0.2, -0.15) is 8.78 Å². The Hall–Kier alpha value is -1.96. The summed E-state index contributed by atoms with van der Waals surface area (Å²) in [7, 11) is 1.23. The van der Waals surface area contributed by atoms with Gasteiger partial charge in [-0.05, 0) is 12.1 Å². The van der Waals surface area contributed by atoms with Crippen molar-refractivity contribution in [1.82, 2.24) is 9.88 Å². The van der Waals surface area contributed by atoms with Crippen LogP contribution in [0.2, 0.25) is 0 Å². The van der Waals surface area contributed by atoms with E-state index in [0.29, 0.717) is 0 Å². The predicted molar refractivity (Wildman–Crippen MR) is 58.9 cm³/mol. The van der Waals surface area contributed by atoms with Gasteiger partial charge in [0.2, 0.25) is 0 Å². The summed E-state index contributed by atoms with van der Waals surface area (Å²) < 4.78 is 32.6. The zero-order chi connectivity index (χ0) is 14.0. The third-order valence-electron chi connectivity index (χ3n) is 2.75. The van der Waals surface area contributed by atoms with Crippen LogP contribution in [0.5, 0.6) is 0 Å². The monoisotopic (exact) mass is 274 g/mol. The Labute approximate surface area is 107 Å². The van der Waals surface area contributed by atoms with Gasteiger partial charge in [-0.1, -0.05) is 0 Å². The van der Waals surface area contributed by atoms with Crippen LogP contribution in [0.1, 0.15) is 21.0 Å². The number of H-pyrrole nitrogens is 1. The fourth-order valence-electron chi connectivity index (χ4n) is 1.75. The molecule has 6 nitrogen and oxygen atoms in total. The highest BCUT2D eigenvalue weighted by atomic mass is 19.3. The molecule has 19 heavy (non-hydrogen) atoms. The van der Waals surface area contributed by atoms with Crippen LogP contribution in [0.3, 0.4) is 0 Å². The van der Waals surface area contributed by atoms with Crippen molar-refractivity contribution in [2.24, 2.45) is 0 Å². The van der Waals surface area contributed by atoms with Crippen LogP contribution < -0.4 is 0 Å². The number of esters is 1. The molecule has 0 aliphatic carbocycles. The minimum absolute atomic E-state index is 0.107. The summed E-state index contributed by atoms with van der Waals surface area (Å²) in [5.74, 6) is -0.953. The van der Waals surface area contributed by atoms with E-state index >= 15 is 0 Å². The molecule has 0 aromatic carbocycles. The molecule has 0 bridgehead atoms. The van der Waals surface area contributed by atoms with Crippen LogP contribution in [0, 0.1) is 0 Å². The first-order valence-electron chi connectivity index (χ1n) is 5.51. The van der Waals surface area contributed by atoms with E-state index in [2.05, 4.69) is 14.5 Å². The minimum Gasteiger partial charge on any atom is -0.464 e. The number of halogens is 2. The third-order valence-corrected chi connectivity index (χ3v) is 2.75. The Kier molecular flexibility index (Phi) is 3.79. The molecule has 1 aliphatic rings. The number of nitrogens with zero attached hydrogens (tertiary/aromatic N) is 1. The summed E-state index contributed by atoms with van der Waals surface area (Å²) in [5, 5.41) is 0. The van der Waals surface area contributed by atoms with Crippen molar-refractivity contribution >= 4 is 11.9 Å². The standard InChI is InChI=1S/C11H12F2N2O4/c1-18-10(17)8-3-2-7(14-8)9(16)15-4-6(5-15)19-11(12)13/h2-3,6,11,14H,4-5H2,1H3. The first-order chi connectivity index (χ1) is 9.01. The van der Waals surface area contributed by atoms with E-state index in [1.807, 2.05) is 0 Å². The topological polar surface area (TPSA) is 71.6 Å². The molecule has 1 N–H and O–H groups in total. The zero-order valence-electron chi connectivity index (χ0n) is 10.1. The third kappa shape index (κ3) is 2.90. The van der Waals surface area contributed by atoms with Gasteiger partial charge in [-0.25, -0.2) is 4.79 Å². The molecule has 0 saturated carbocycles. The van der Waals surface area contributed by atoms with Gasteiger partial charge in [0.1, 0.15) is 11.4 Å². The fourth-order valence-corrected chi connectivity index (χ4v) is 1.75. The SMILES string of the molecule is COC(=O)c1ccc(C(=O)N2CC(OC(F)F)C2)[nH]1. The number of likely N-dealkylation sites (tertiary alicyclic amines) is 1. The van der Waals surface area contributed by atoms with Crippen LogP contribution in [-0.4, -0.2) is 54.7 Å². The maximum Gasteiger partial charge on any atom is 0.354 e. The number of amides is 1. The Morgan fingerprint density at radius 1 is 1.37 bits per heavy atom. The van der Waals surface area contributed by atoms with Crippen LogP contribution >= 0.6 is 0 Å². The average molecular weight is 274 g/mol. The largest absolute Gasteiger partial charge is 0.464 e. The lowest BCUT2D eigenvalue weighted by Gasteiger charge is -2.38. The van der Waals surface area contributed by atoms with Crippen LogP contribution in [0.15, 0.2) is 12.1 Å². The van der Waals surface area contributed by atoms with E-state index in [-0.39, 0.29) is 30.4 Å². The molecule has 0 atom stereocenters. The normalized spacial score (nSPS) is 15.5. The molecule has 1 aromatic heterocycles. The highest BCUT2D eigenvalue weighted by Gasteiger charge is 2.34. The van der Waals surface area contributed by atoms with Gasteiger partial charge in [0.05, 0.1) is 13.2 Å². The van der Waals surface area contributed by atoms with Crippen molar-refractivity contribution in [2.75, 3.05) is 20.2 Å². The first-order valence-corrected chi connectivity index (χ1v) is 5.51. The summed E-state index contributed by atoms with van der Waals surface area (Å²) in [6, 6.07) is 2.86. The fraction of sp³-hybridized carbons (Fsp3) is 0.455. The molecule has 104 valence electrons. The number of aromatic nitrogens is 1. The van der Waals surface area contributed by atoms with Crippen molar-refractivity contribution in [2.45, 2.75) is 12.7 Å². The molecular weight excluding hydrogens is 262 g/mol. The summed E-state index contributed by atoms with van der Waals surface area (Å²) >= 11 is 0. The molecule has 8 heteroatoms. The molecule has 1 amide bonds. The summed E-state index contributed by atoms with van der Waals surface area (Å²) in [6.07, 6.45) is -0.640. The Morgan fingerprint density at radius 3 is 2.58 bits per heavy atom. The van der Waals surface area contributed by atoms with Crippen LogP contribution in [0.4, 0.5) is 8.78 Å². The van der Waals surface area contributed by atoms with Crippen molar-refractivity contribution in [3.8, 4) is 0 Å². The molecule has 1 saturated heterocycles. The lowest BCUT2D eigenvalue weighted by Crippen LogP contribution is -2.55. The maximum absolute atomic E-state index is 11.9. The number of hydrogen-bond acceptors (Lipinski definition) is 4. The van der Waals surface area contributed by atoms with Gasteiger partial charge >= 0.3 is 12.6 Å². The van der Waals surface area contributed by atoms with E-state index in [1.165, 1.54) is 24.1 Å². The van der Waals surface area contributed by atoms with Gasteiger partial charge in [-0.3, -0.25) is 4.79 Å². The number of rotatable bonds is 4. The van der Waals surface area contributed by atoms with E-state index in [4.69, 9.17) is 0 Å². The van der Waals surface area contributed by atoms with Crippen molar-refractivity contribution < 1.29 is 27.8 Å². The van der Waals surface area contributed by atoms with Crippen molar-refractivity contribution in [3.05, 3.63) is 23.5 Å². The van der Waals surface area contributed by atoms with E-state index in [0.717, 1.165) is 0 Å². The number of methoxy groups -OCH3 is 1. The molecule has 0 unspecified atom stereocenters. The van der Waals surface area contributed by atoms with Gasteiger partial charge in [0.15, 0.2) is 0 Å². The van der Waals surface area contributed by atoms with Crippen LogP contribution in [-0.2, 0) is 9.47 Å². The van der Waals surface area contributed by atoms with Crippen molar-refractivity contribution in [1.29, 1.82) is 0 Å². The first kappa shape index (κ1) is 13.5. The predicted octanol–water partition coefficient (Wildman–Crippen LogP) is 0.865. The molecule has 0 radical (unpaired) electrons. The van der Waals surface area contributed by atoms with E-state index in [1.54, 1.807) is 0 Å². The van der Waals surface area contributed by atoms with E-state index < -0.39 is 18.7 Å².